The molecule has 4 nitrogen and oxygen atoms in total. The molecule has 0 bridgehead atoms. The molecule has 1 heterocycles. The Morgan fingerprint density at radius 3 is 3.00 bits per heavy atom. The number of nitrogens with zero attached hydrogens (tertiary/aromatic N) is 2. The number of rotatable bonds is 2. The van der Waals surface area contributed by atoms with E-state index >= 15 is 0 Å². The Morgan fingerprint density at radius 1 is 1.64 bits per heavy atom. The van der Waals surface area contributed by atoms with Crippen LogP contribution in [0.1, 0.15) is 12.5 Å². The molecule has 0 radical (unpaired) electrons. The van der Waals surface area contributed by atoms with Gasteiger partial charge in [-0.1, -0.05) is 12.2 Å². The van der Waals surface area contributed by atoms with E-state index in [1.807, 2.05) is 23.0 Å². The SMILES string of the molecule is O=C(O)C1=CCC(n2cccn2)C=C1. The van der Waals surface area contributed by atoms with Gasteiger partial charge in [-0.05, 0) is 18.6 Å². The predicted molar refractivity (Wildman–Crippen MR) is 50.7 cm³/mol. The molecule has 0 aromatic carbocycles. The van der Waals surface area contributed by atoms with E-state index in [-0.39, 0.29) is 6.04 Å². The van der Waals surface area contributed by atoms with Crippen molar-refractivity contribution in [2.45, 2.75) is 12.5 Å². The maximum absolute atomic E-state index is 10.6. The number of hydrogen-bond donors (Lipinski definition) is 1. The van der Waals surface area contributed by atoms with Crippen LogP contribution in [0.15, 0.2) is 42.3 Å². The minimum Gasteiger partial charge on any atom is -0.478 e. The molecule has 1 aromatic rings. The first-order valence-corrected chi connectivity index (χ1v) is 4.38. The largest absolute Gasteiger partial charge is 0.478 e. The number of carboxylic acids is 1. The molecule has 0 aliphatic heterocycles. The average Bonchev–Trinajstić information content (AvgIpc) is 2.71. The molecule has 0 amide bonds. The molecule has 0 saturated heterocycles. The number of carbonyl (C=O) groups is 1. The van der Waals surface area contributed by atoms with Crippen molar-refractivity contribution < 1.29 is 9.90 Å². The summed E-state index contributed by atoms with van der Waals surface area (Å²) in [7, 11) is 0. The standard InChI is InChI=1S/C10H10N2O2/c13-10(14)8-2-4-9(5-3-8)12-7-1-6-11-12/h1-4,6-7,9H,5H2,(H,13,14). The van der Waals surface area contributed by atoms with Gasteiger partial charge in [0, 0.05) is 12.4 Å². The number of aromatic nitrogens is 2. The molecule has 2 rings (SSSR count). The number of allylic oxidation sites excluding steroid dienone is 2. The Morgan fingerprint density at radius 2 is 2.50 bits per heavy atom. The molecule has 0 fully saturated rings. The second kappa shape index (κ2) is 3.49. The summed E-state index contributed by atoms with van der Waals surface area (Å²) in [6.45, 7) is 0. The molecular weight excluding hydrogens is 180 g/mol. The average molecular weight is 190 g/mol. The van der Waals surface area contributed by atoms with Crippen molar-refractivity contribution in [3.05, 3.63) is 42.3 Å². The van der Waals surface area contributed by atoms with E-state index in [2.05, 4.69) is 5.10 Å². The minimum atomic E-state index is -0.875. The van der Waals surface area contributed by atoms with E-state index in [1.165, 1.54) is 0 Å². The molecule has 1 N–H and O–H groups in total. The summed E-state index contributed by atoms with van der Waals surface area (Å²) in [5, 5.41) is 12.8. The first-order valence-electron chi connectivity index (χ1n) is 4.38. The highest BCUT2D eigenvalue weighted by Gasteiger charge is 2.13. The monoisotopic (exact) mass is 190 g/mol. The van der Waals surface area contributed by atoms with Crippen molar-refractivity contribution in [1.29, 1.82) is 0 Å². The van der Waals surface area contributed by atoms with Gasteiger partial charge in [0.15, 0.2) is 0 Å². The topological polar surface area (TPSA) is 55.1 Å². The van der Waals surface area contributed by atoms with Gasteiger partial charge in [0.1, 0.15) is 0 Å². The highest BCUT2D eigenvalue weighted by molar-refractivity contribution is 5.90. The lowest BCUT2D eigenvalue weighted by Gasteiger charge is -2.14. The van der Waals surface area contributed by atoms with Crippen LogP contribution in [0.25, 0.3) is 0 Å². The van der Waals surface area contributed by atoms with Crippen LogP contribution < -0.4 is 0 Å². The van der Waals surface area contributed by atoms with Gasteiger partial charge < -0.3 is 5.11 Å². The van der Waals surface area contributed by atoms with Crippen LogP contribution in [0.3, 0.4) is 0 Å². The number of hydrogen-bond acceptors (Lipinski definition) is 2. The van der Waals surface area contributed by atoms with Crippen LogP contribution in [0.2, 0.25) is 0 Å². The maximum atomic E-state index is 10.6. The van der Waals surface area contributed by atoms with Crippen molar-refractivity contribution in [1.82, 2.24) is 9.78 Å². The molecule has 1 unspecified atom stereocenters. The fourth-order valence-corrected chi connectivity index (χ4v) is 1.44. The Balaban J connectivity index is 2.12. The molecular formula is C10H10N2O2. The summed E-state index contributed by atoms with van der Waals surface area (Å²) >= 11 is 0. The Labute approximate surface area is 81.2 Å². The van der Waals surface area contributed by atoms with Gasteiger partial charge in [-0.25, -0.2) is 4.79 Å². The van der Waals surface area contributed by atoms with Crippen LogP contribution in [-0.4, -0.2) is 20.9 Å². The molecule has 4 heteroatoms. The molecule has 1 aromatic heterocycles. The molecule has 1 aliphatic rings. The summed E-state index contributed by atoms with van der Waals surface area (Å²) in [5.41, 5.74) is 0.355. The number of aliphatic carboxylic acids is 1. The van der Waals surface area contributed by atoms with Gasteiger partial charge in [-0.3, -0.25) is 4.68 Å². The highest BCUT2D eigenvalue weighted by atomic mass is 16.4. The molecule has 72 valence electrons. The first-order chi connectivity index (χ1) is 6.77. The van der Waals surface area contributed by atoms with Crippen LogP contribution in [0.4, 0.5) is 0 Å². The van der Waals surface area contributed by atoms with E-state index in [1.54, 1.807) is 18.3 Å². The van der Waals surface area contributed by atoms with Crippen LogP contribution in [0, 0.1) is 0 Å². The third-order valence-corrected chi connectivity index (χ3v) is 2.19. The van der Waals surface area contributed by atoms with Gasteiger partial charge in [-0.2, -0.15) is 5.10 Å². The summed E-state index contributed by atoms with van der Waals surface area (Å²) in [5.74, 6) is -0.875. The van der Waals surface area contributed by atoms with Gasteiger partial charge >= 0.3 is 5.97 Å². The van der Waals surface area contributed by atoms with Gasteiger partial charge in [0.25, 0.3) is 0 Å². The van der Waals surface area contributed by atoms with Crippen molar-refractivity contribution in [3.63, 3.8) is 0 Å². The Bertz CT molecular complexity index is 390. The molecule has 1 atom stereocenters. The van der Waals surface area contributed by atoms with Crippen molar-refractivity contribution in [2.24, 2.45) is 0 Å². The van der Waals surface area contributed by atoms with Crippen molar-refractivity contribution in [2.75, 3.05) is 0 Å². The lowest BCUT2D eigenvalue weighted by molar-refractivity contribution is -0.132. The van der Waals surface area contributed by atoms with E-state index < -0.39 is 5.97 Å². The summed E-state index contributed by atoms with van der Waals surface area (Å²) < 4.78 is 1.81. The minimum absolute atomic E-state index is 0.146. The quantitative estimate of drug-likeness (QED) is 0.766. The maximum Gasteiger partial charge on any atom is 0.335 e. The zero-order valence-corrected chi connectivity index (χ0v) is 7.50. The van der Waals surface area contributed by atoms with Crippen LogP contribution >= 0.6 is 0 Å². The molecule has 14 heavy (non-hydrogen) atoms. The number of carboxylic acid groups (broad SMARTS) is 1. The van der Waals surface area contributed by atoms with Gasteiger partial charge in [0.2, 0.25) is 0 Å². The first kappa shape index (κ1) is 8.74. The van der Waals surface area contributed by atoms with E-state index in [9.17, 15) is 4.79 Å². The summed E-state index contributed by atoms with van der Waals surface area (Å²) in [6, 6.07) is 2.00. The summed E-state index contributed by atoms with van der Waals surface area (Å²) in [4.78, 5) is 10.6. The van der Waals surface area contributed by atoms with Gasteiger partial charge in [-0.15, -0.1) is 0 Å². The highest BCUT2D eigenvalue weighted by Crippen LogP contribution is 2.20. The van der Waals surface area contributed by atoms with E-state index in [0.717, 1.165) is 0 Å². The second-order valence-electron chi connectivity index (χ2n) is 3.11. The fourth-order valence-electron chi connectivity index (χ4n) is 1.44. The smallest absolute Gasteiger partial charge is 0.335 e. The predicted octanol–water partition coefficient (Wildman–Crippen LogP) is 1.40. The summed E-state index contributed by atoms with van der Waals surface area (Å²) in [6.07, 6.45) is 9.46. The second-order valence-corrected chi connectivity index (χ2v) is 3.11. The van der Waals surface area contributed by atoms with Crippen molar-refractivity contribution in [3.8, 4) is 0 Å². The third-order valence-electron chi connectivity index (χ3n) is 2.19. The van der Waals surface area contributed by atoms with E-state index in [0.29, 0.717) is 12.0 Å². The molecule has 1 aliphatic carbocycles. The third kappa shape index (κ3) is 1.59. The fraction of sp³-hybridized carbons (Fsp3) is 0.200. The molecule has 0 spiro atoms. The Kier molecular flexibility index (Phi) is 2.18. The normalized spacial score (nSPS) is 20.6. The zero-order valence-electron chi connectivity index (χ0n) is 7.50. The van der Waals surface area contributed by atoms with Crippen LogP contribution in [0.5, 0.6) is 0 Å². The zero-order chi connectivity index (χ0) is 9.97. The lowest BCUT2D eigenvalue weighted by atomic mass is 10.0. The van der Waals surface area contributed by atoms with E-state index in [4.69, 9.17) is 5.11 Å². The lowest BCUT2D eigenvalue weighted by Crippen LogP contribution is -2.10. The van der Waals surface area contributed by atoms with Gasteiger partial charge in [0.05, 0.1) is 11.6 Å². The van der Waals surface area contributed by atoms with Crippen molar-refractivity contribution >= 4 is 5.97 Å². The Hall–Kier alpha value is -1.84. The van der Waals surface area contributed by atoms with Crippen LogP contribution in [-0.2, 0) is 4.79 Å². The molecule has 0 saturated carbocycles.